The average molecular weight is 286 g/mol. The lowest BCUT2D eigenvalue weighted by Gasteiger charge is -2.59. The molecular weight excluding hydrogens is 260 g/mol. The number of amides is 1. The van der Waals surface area contributed by atoms with Crippen LogP contribution in [0.15, 0.2) is 0 Å². The monoisotopic (exact) mass is 286 g/mol. The number of rotatable bonds is 4. The number of methoxy groups -OCH3 is 1. The maximum Gasteiger partial charge on any atom is 0.221 e. The molecule has 1 saturated carbocycles. The van der Waals surface area contributed by atoms with E-state index < -0.39 is 0 Å². The van der Waals surface area contributed by atoms with E-state index in [1.165, 1.54) is 0 Å². The molecule has 3 atom stereocenters. The van der Waals surface area contributed by atoms with E-state index in [4.69, 9.17) is 4.74 Å². The molecule has 0 spiro atoms. The summed E-state index contributed by atoms with van der Waals surface area (Å²) < 4.78 is 5.58. The third kappa shape index (κ3) is 2.93. The van der Waals surface area contributed by atoms with Crippen LogP contribution >= 0.6 is 11.8 Å². The Morgan fingerprint density at radius 1 is 1.47 bits per heavy atom. The third-order valence-electron chi connectivity index (χ3n) is 5.04. The number of nitrogens with one attached hydrogen (secondary N) is 2. The lowest BCUT2D eigenvalue weighted by molar-refractivity contribution is -0.182. The van der Waals surface area contributed by atoms with Gasteiger partial charge in [0.15, 0.2) is 0 Å². The summed E-state index contributed by atoms with van der Waals surface area (Å²) >= 11 is 1.92. The molecule has 0 aromatic heterocycles. The van der Waals surface area contributed by atoms with E-state index in [0.717, 1.165) is 24.5 Å². The maximum absolute atomic E-state index is 12.1. The van der Waals surface area contributed by atoms with Gasteiger partial charge in [0.2, 0.25) is 5.91 Å². The molecule has 2 N–H and O–H groups in total. The molecule has 1 heterocycles. The normalized spacial score (nSPS) is 37.5. The van der Waals surface area contributed by atoms with Crippen LogP contribution in [-0.4, -0.2) is 48.8 Å². The van der Waals surface area contributed by atoms with Crippen molar-refractivity contribution in [1.29, 1.82) is 0 Å². The molecule has 1 aliphatic heterocycles. The van der Waals surface area contributed by atoms with Crippen molar-refractivity contribution < 1.29 is 9.53 Å². The highest BCUT2D eigenvalue weighted by Crippen LogP contribution is 2.51. The van der Waals surface area contributed by atoms with Crippen molar-refractivity contribution in [2.45, 2.75) is 51.3 Å². The standard InChI is InChI=1S/C14H26N2O2S/c1-13(2)11(8-14(13,3)18-4)16-12(17)7-10-9-19-6-5-15-10/h10-11,15H,5-9H2,1-4H3,(H,16,17). The van der Waals surface area contributed by atoms with Crippen molar-refractivity contribution in [3.63, 3.8) is 0 Å². The summed E-state index contributed by atoms with van der Waals surface area (Å²) in [6, 6.07) is 0.553. The zero-order valence-electron chi connectivity index (χ0n) is 12.4. The van der Waals surface area contributed by atoms with Gasteiger partial charge in [-0.3, -0.25) is 4.79 Å². The highest BCUT2D eigenvalue weighted by Gasteiger charge is 2.58. The molecule has 1 aliphatic carbocycles. The summed E-state index contributed by atoms with van der Waals surface area (Å²) in [5, 5.41) is 6.58. The maximum atomic E-state index is 12.1. The molecule has 3 unspecified atom stereocenters. The van der Waals surface area contributed by atoms with Gasteiger partial charge in [0, 0.05) is 49.1 Å². The molecule has 2 aliphatic rings. The van der Waals surface area contributed by atoms with Crippen LogP contribution in [0.25, 0.3) is 0 Å². The number of hydrogen-bond donors (Lipinski definition) is 2. The van der Waals surface area contributed by atoms with Crippen LogP contribution in [0.2, 0.25) is 0 Å². The molecule has 19 heavy (non-hydrogen) atoms. The minimum Gasteiger partial charge on any atom is -0.378 e. The van der Waals surface area contributed by atoms with Gasteiger partial charge in [0.05, 0.1) is 5.60 Å². The lowest BCUT2D eigenvalue weighted by Crippen LogP contribution is -2.68. The first-order valence-corrected chi connectivity index (χ1v) is 8.20. The van der Waals surface area contributed by atoms with Gasteiger partial charge in [-0.05, 0) is 13.3 Å². The third-order valence-corrected chi connectivity index (χ3v) is 6.17. The summed E-state index contributed by atoms with van der Waals surface area (Å²) in [6.07, 6.45) is 1.48. The largest absolute Gasteiger partial charge is 0.378 e. The minimum absolute atomic E-state index is 0.00778. The van der Waals surface area contributed by atoms with Gasteiger partial charge in [-0.1, -0.05) is 13.8 Å². The fourth-order valence-electron chi connectivity index (χ4n) is 2.95. The molecule has 110 valence electrons. The number of carbonyl (C=O) groups is 1. The minimum atomic E-state index is -0.121. The summed E-state index contributed by atoms with van der Waals surface area (Å²) in [6.45, 7) is 7.47. The molecule has 2 fully saturated rings. The summed E-state index contributed by atoms with van der Waals surface area (Å²) in [7, 11) is 1.75. The number of carbonyl (C=O) groups excluding carboxylic acids is 1. The van der Waals surface area contributed by atoms with Gasteiger partial charge in [-0.15, -0.1) is 0 Å². The first-order valence-electron chi connectivity index (χ1n) is 7.05. The van der Waals surface area contributed by atoms with Crippen molar-refractivity contribution in [2.75, 3.05) is 25.2 Å². The van der Waals surface area contributed by atoms with Crippen LogP contribution in [0.5, 0.6) is 0 Å². The SMILES string of the molecule is COC1(C)CC(NC(=O)CC2CSCCN2)C1(C)C. The number of ether oxygens (including phenoxy) is 1. The highest BCUT2D eigenvalue weighted by atomic mass is 32.2. The molecule has 0 aromatic rings. The predicted octanol–water partition coefficient (Wildman–Crippen LogP) is 1.40. The van der Waals surface area contributed by atoms with Crippen molar-refractivity contribution in [3.05, 3.63) is 0 Å². The quantitative estimate of drug-likeness (QED) is 0.820. The first kappa shape index (κ1) is 15.1. The molecule has 0 bridgehead atoms. The fourth-order valence-corrected chi connectivity index (χ4v) is 3.90. The second kappa shape index (κ2) is 5.62. The Kier molecular flexibility index (Phi) is 4.48. The Morgan fingerprint density at radius 3 is 2.74 bits per heavy atom. The summed E-state index contributed by atoms with van der Waals surface area (Å²) in [5.74, 6) is 2.35. The van der Waals surface area contributed by atoms with Gasteiger partial charge in [0.25, 0.3) is 0 Å². The van der Waals surface area contributed by atoms with Crippen LogP contribution in [0.4, 0.5) is 0 Å². The summed E-state index contributed by atoms with van der Waals surface area (Å²) in [4.78, 5) is 12.1. The molecule has 0 aromatic carbocycles. The van der Waals surface area contributed by atoms with E-state index in [0.29, 0.717) is 12.5 Å². The topological polar surface area (TPSA) is 50.4 Å². The van der Waals surface area contributed by atoms with E-state index in [1.807, 2.05) is 11.8 Å². The van der Waals surface area contributed by atoms with Gasteiger partial charge in [-0.25, -0.2) is 0 Å². The van der Waals surface area contributed by atoms with Crippen LogP contribution in [0.3, 0.4) is 0 Å². The Bertz CT molecular complexity index is 342. The van der Waals surface area contributed by atoms with Crippen LogP contribution in [0, 0.1) is 5.41 Å². The first-order chi connectivity index (χ1) is 8.89. The molecular formula is C14H26N2O2S. The van der Waals surface area contributed by atoms with Gasteiger partial charge < -0.3 is 15.4 Å². The average Bonchev–Trinajstić information content (AvgIpc) is 2.39. The smallest absolute Gasteiger partial charge is 0.221 e. The Morgan fingerprint density at radius 2 is 2.21 bits per heavy atom. The summed E-state index contributed by atoms with van der Waals surface area (Å²) in [5.41, 5.74) is -0.129. The molecule has 5 heteroatoms. The van der Waals surface area contributed by atoms with E-state index in [2.05, 4.69) is 31.4 Å². The predicted molar refractivity (Wildman–Crippen MR) is 79.5 cm³/mol. The van der Waals surface area contributed by atoms with E-state index in [-0.39, 0.29) is 23.0 Å². The Hall–Kier alpha value is -0.260. The van der Waals surface area contributed by atoms with E-state index >= 15 is 0 Å². The molecule has 2 rings (SSSR count). The highest BCUT2D eigenvalue weighted by molar-refractivity contribution is 7.99. The molecule has 0 radical (unpaired) electrons. The number of thioether (sulfide) groups is 1. The van der Waals surface area contributed by atoms with Crippen molar-refractivity contribution >= 4 is 17.7 Å². The zero-order chi connectivity index (χ0) is 14.1. The van der Waals surface area contributed by atoms with Gasteiger partial charge in [0.1, 0.15) is 0 Å². The van der Waals surface area contributed by atoms with Crippen LogP contribution in [0.1, 0.15) is 33.6 Å². The second-order valence-electron chi connectivity index (χ2n) is 6.41. The fraction of sp³-hybridized carbons (Fsp3) is 0.929. The van der Waals surface area contributed by atoms with E-state index in [1.54, 1.807) is 7.11 Å². The Balaban J connectivity index is 1.80. The van der Waals surface area contributed by atoms with Gasteiger partial charge in [-0.2, -0.15) is 11.8 Å². The number of hydrogen-bond acceptors (Lipinski definition) is 4. The van der Waals surface area contributed by atoms with Gasteiger partial charge >= 0.3 is 0 Å². The Labute approximate surface area is 120 Å². The molecule has 4 nitrogen and oxygen atoms in total. The van der Waals surface area contributed by atoms with Crippen molar-refractivity contribution in [1.82, 2.24) is 10.6 Å². The zero-order valence-corrected chi connectivity index (χ0v) is 13.2. The molecule has 1 amide bonds. The van der Waals surface area contributed by atoms with Crippen molar-refractivity contribution in [3.8, 4) is 0 Å². The van der Waals surface area contributed by atoms with E-state index in [9.17, 15) is 4.79 Å². The molecule has 1 saturated heterocycles. The van der Waals surface area contributed by atoms with Crippen LogP contribution < -0.4 is 10.6 Å². The second-order valence-corrected chi connectivity index (χ2v) is 7.56. The van der Waals surface area contributed by atoms with Crippen molar-refractivity contribution in [2.24, 2.45) is 5.41 Å². The lowest BCUT2D eigenvalue weighted by atomic mass is 9.56. The van der Waals surface area contributed by atoms with Crippen LogP contribution in [-0.2, 0) is 9.53 Å².